The first-order chi connectivity index (χ1) is 14.3. The molecule has 1 N–H and O–H groups in total. The number of thiocarbonyl (C=S) groups is 1. The first-order valence-electron chi connectivity index (χ1n) is 9.40. The summed E-state index contributed by atoms with van der Waals surface area (Å²) in [5, 5.41) is 4.15. The Morgan fingerprint density at radius 3 is 2.55 bits per heavy atom. The van der Waals surface area contributed by atoms with Gasteiger partial charge < -0.3 is 19.2 Å². The van der Waals surface area contributed by atoms with Crippen LogP contribution in [0.15, 0.2) is 89.9 Å². The van der Waals surface area contributed by atoms with E-state index in [1.807, 2.05) is 67.0 Å². The van der Waals surface area contributed by atoms with Gasteiger partial charge in [0.05, 0.1) is 30.6 Å². The Balaban J connectivity index is 1.61. The molecular weight excluding hydrogens is 382 g/mol. The molecule has 6 nitrogen and oxygen atoms in total. The third kappa shape index (κ3) is 3.30. The minimum Gasteiger partial charge on any atom is -0.467 e. The summed E-state index contributed by atoms with van der Waals surface area (Å²) in [6.45, 7) is 0.570. The minimum atomic E-state index is -0.0870. The summed E-state index contributed by atoms with van der Waals surface area (Å²) in [7, 11) is 0. The molecule has 4 aromatic rings. The van der Waals surface area contributed by atoms with E-state index < -0.39 is 0 Å². The van der Waals surface area contributed by atoms with Crippen molar-refractivity contribution in [3.63, 3.8) is 0 Å². The highest BCUT2D eigenvalue weighted by Gasteiger charge is 2.41. The quantitative estimate of drug-likeness (QED) is 0.510. The van der Waals surface area contributed by atoms with Crippen molar-refractivity contribution >= 4 is 17.3 Å². The van der Waals surface area contributed by atoms with Crippen LogP contribution in [0.25, 0.3) is 5.82 Å². The number of nitrogens with one attached hydrogen (secondary N) is 1. The topological polar surface area (TPSA) is 59.1 Å². The fraction of sp³-hybridized carbons (Fsp3) is 0.136. The summed E-state index contributed by atoms with van der Waals surface area (Å²) >= 11 is 5.72. The molecular formula is C22H19N5OS. The molecule has 1 fully saturated rings. The van der Waals surface area contributed by atoms with Gasteiger partial charge >= 0.3 is 0 Å². The second-order valence-corrected chi connectivity index (χ2v) is 7.21. The molecule has 5 rings (SSSR count). The van der Waals surface area contributed by atoms with E-state index in [9.17, 15) is 0 Å². The first-order valence-corrected chi connectivity index (χ1v) is 9.81. The van der Waals surface area contributed by atoms with Crippen LogP contribution in [-0.4, -0.2) is 24.5 Å². The number of rotatable bonds is 5. The highest BCUT2D eigenvalue weighted by atomic mass is 32.1. The molecule has 1 aliphatic rings. The predicted octanol–water partition coefficient (Wildman–Crippen LogP) is 4.03. The molecule has 0 aromatic carbocycles. The van der Waals surface area contributed by atoms with Gasteiger partial charge in [0.25, 0.3) is 0 Å². The third-order valence-electron chi connectivity index (χ3n) is 5.08. The molecule has 4 aromatic heterocycles. The van der Waals surface area contributed by atoms with Gasteiger partial charge in [-0.1, -0.05) is 12.1 Å². The summed E-state index contributed by atoms with van der Waals surface area (Å²) in [6, 6.07) is 19.7. The maximum absolute atomic E-state index is 5.72. The van der Waals surface area contributed by atoms with Crippen molar-refractivity contribution in [2.45, 2.75) is 18.6 Å². The molecule has 0 aliphatic carbocycles. The number of nitrogens with zero attached hydrogens (tertiary/aromatic N) is 4. The molecule has 0 bridgehead atoms. The lowest BCUT2D eigenvalue weighted by Gasteiger charge is -2.28. The number of aromatic nitrogens is 3. The zero-order valence-electron chi connectivity index (χ0n) is 15.6. The van der Waals surface area contributed by atoms with Gasteiger partial charge in [-0.05, 0) is 60.7 Å². The standard InChI is InChI=1S/C22H19N5OS/c29-22-25-20(17-8-1-3-11-23-17)21(27(22)15-16-7-6-14-28-16)18-9-5-13-26(18)19-10-2-4-12-24-19/h1-14,20-21H,15H2,(H,25,29)/t20-,21+/m1/s1. The number of hydrogen-bond donors (Lipinski definition) is 1. The molecule has 29 heavy (non-hydrogen) atoms. The molecule has 1 aliphatic heterocycles. The Morgan fingerprint density at radius 1 is 0.966 bits per heavy atom. The van der Waals surface area contributed by atoms with Crippen LogP contribution in [0, 0.1) is 0 Å². The molecule has 1 saturated heterocycles. The average Bonchev–Trinajstić information content (AvgIpc) is 3.51. The lowest BCUT2D eigenvalue weighted by atomic mass is 10.0. The van der Waals surface area contributed by atoms with Crippen LogP contribution in [0.4, 0.5) is 0 Å². The monoisotopic (exact) mass is 401 g/mol. The Morgan fingerprint density at radius 2 is 1.83 bits per heavy atom. The van der Waals surface area contributed by atoms with E-state index in [-0.39, 0.29) is 12.1 Å². The molecule has 0 saturated carbocycles. The third-order valence-corrected chi connectivity index (χ3v) is 5.44. The number of hydrogen-bond acceptors (Lipinski definition) is 4. The molecule has 2 atom stereocenters. The Kier molecular flexibility index (Phi) is 4.57. The van der Waals surface area contributed by atoms with E-state index in [2.05, 4.69) is 30.8 Å². The van der Waals surface area contributed by atoms with Gasteiger partial charge in [-0.15, -0.1) is 0 Å². The zero-order valence-corrected chi connectivity index (χ0v) is 16.4. The van der Waals surface area contributed by atoms with E-state index in [1.165, 1.54) is 0 Å². The van der Waals surface area contributed by atoms with Gasteiger partial charge in [-0.25, -0.2) is 4.98 Å². The van der Waals surface area contributed by atoms with Crippen molar-refractivity contribution in [1.82, 2.24) is 24.8 Å². The molecule has 144 valence electrons. The van der Waals surface area contributed by atoms with Crippen LogP contribution in [0.1, 0.15) is 29.2 Å². The smallest absolute Gasteiger partial charge is 0.170 e. The van der Waals surface area contributed by atoms with Gasteiger partial charge in [0.2, 0.25) is 0 Å². The summed E-state index contributed by atoms with van der Waals surface area (Å²) in [5.74, 6) is 1.72. The van der Waals surface area contributed by atoms with Crippen molar-refractivity contribution in [2.75, 3.05) is 0 Å². The molecule has 5 heterocycles. The fourth-order valence-electron chi connectivity index (χ4n) is 3.81. The van der Waals surface area contributed by atoms with Crippen LogP contribution < -0.4 is 5.32 Å². The number of pyridine rings is 2. The fourth-order valence-corrected chi connectivity index (χ4v) is 4.11. The van der Waals surface area contributed by atoms with Crippen LogP contribution in [-0.2, 0) is 6.54 Å². The Hall–Kier alpha value is -3.45. The van der Waals surface area contributed by atoms with Gasteiger partial charge in [-0.2, -0.15) is 0 Å². The van der Waals surface area contributed by atoms with Crippen LogP contribution in [0.3, 0.4) is 0 Å². The maximum atomic E-state index is 5.72. The Bertz CT molecular complexity index is 1090. The van der Waals surface area contributed by atoms with Crippen molar-refractivity contribution in [3.05, 3.63) is 103 Å². The van der Waals surface area contributed by atoms with E-state index in [1.54, 1.807) is 12.5 Å². The summed E-state index contributed by atoms with van der Waals surface area (Å²) in [4.78, 5) is 11.3. The van der Waals surface area contributed by atoms with Gasteiger partial charge in [0.15, 0.2) is 5.11 Å². The highest BCUT2D eigenvalue weighted by molar-refractivity contribution is 7.80. The van der Waals surface area contributed by atoms with E-state index >= 15 is 0 Å². The minimum absolute atomic E-state index is 0.0699. The van der Waals surface area contributed by atoms with Crippen molar-refractivity contribution in [1.29, 1.82) is 0 Å². The molecule has 0 radical (unpaired) electrons. The number of furan rings is 1. The largest absolute Gasteiger partial charge is 0.467 e. The molecule has 0 spiro atoms. The lowest BCUT2D eigenvalue weighted by molar-refractivity contribution is 0.280. The summed E-state index contributed by atoms with van der Waals surface area (Å²) in [5.41, 5.74) is 2.02. The normalized spacial score (nSPS) is 18.8. The van der Waals surface area contributed by atoms with Gasteiger partial charge in [0.1, 0.15) is 11.6 Å². The second kappa shape index (κ2) is 7.52. The molecule has 0 unspecified atom stereocenters. The predicted molar refractivity (Wildman–Crippen MR) is 113 cm³/mol. The second-order valence-electron chi connectivity index (χ2n) is 6.82. The van der Waals surface area contributed by atoms with E-state index in [4.69, 9.17) is 16.6 Å². The van der Waals surface area contributed by atoms with Crippen molar-refractivity contribution in [2.24, 2.45) is 0 Å². The van der Waals surface area contributed by atoms with Crippen LogP contribution >= 0.6 is 12.2 Å². The van der Waals surface area contributed by atoms with Gasteiger partial charge in [-0.3, -0.25) is 4.98 Å². The highest BCUT2D eigenvalue weighted by Crippen LogP contribution is 2.40. The zero-order chi connectivity index (χ0) is 19.6. The molecule has 7 heteroatoms. The van der Waals surface area contributed by atoms with Gasteiger partial charge in [0, 0.05) is 24.3 Å². The average molecular weight is 401 g/mol. The van der Waals surface area contributed by atoms with E-state index in [0.29, 0.717) is 11.7 Å². The summed E-state index contributed by atoms with van der Waals surface area (Å²) in [6.07, 6.45) is 7.32. The SMILES string of the molecule is S=C1N[C@H](c2ccccn2)[C@H](c2cccn2-c2ccccn2)N1Cc1ccco1. The first kappa shape index (κ1) is 17.6. The van der Waals surface area contributed by atoms with Crippen molar-refractivity contribution < 1.29 is 4.42 Å². The maximum Gasteiger partial charge on any atom is 0.170 e. The van der Waals surface area contributed by atoms with E-state index in [0.717, 1.165) is 23.0 Å². The van der Waals surface area contributed by atoms with Crippen molar-refractivity contribution in [3.8, 4) is 5.82 Å². The lowest BCUT2D eigenvalue weighted by Crippen LogP contribution is -2.29. The van der Waals surface area contributed by atoms with Crippen LogP contribution in [0.2, 0.25) is 0 Å². The summed E-state index contributed by atoms with van der Waals surface area (Å²) < 4.78 is 7.70. The molecule has 0 amide bonds. The van der Waals surface area contributed by atoms with Crippen LogP contribution in [0.5, 0.6) is 0 Å². The Labute approximate surface area is 173 Å².